The molecule has 0 spiro atoms. The fourth-order valence-corrected chi connectivity index (χ4v) is 4.72. The lowest BCUT2D eigenvalue weighted by Crippen LogP contribution is -1.99. The minimum atomic E-state index is -0.677. The van der Waals surface area contributed by atoms with E-state index >= 15 is 0 Å². The summed E-state index contributed by atoms with van der Waals surface area (Å²) in [5.41, 5.74) is 4.58. The molecule has 1 rings (SSSR count). The molecule has 4 nitrogen and oxygen atoms in total. The molecule has 0 aromatic heterocycles. The summed E-state index contributed by atoms with van der Waals surface area (Å²) in [7, 11) is 0. The van der Waals surface area contributed by atoms with E-state index in [1.807, 2.05) is 0 Å². The van der Waals surface area contributed by atoms with Crippen molar-refractivity contribution in [1.82, 2.24) is 0 Å². The summed E-state index contributed by atoms with van der Waals surface area (Å²) in [6.07, 6.45) is 21.3. The first-order chi connectivity index (χ1) is 16.9. The van der Waals surface area contributed by atoms with Crippen LogP contribution in [0.1, 0.15) is 140 Å². The molecule has 0 radical (unpaired) electrons. The number of unbranched alkanes of at least 4 members (excludes halogenated alkanes) is 12. The van der Waals surface area contributed by atoms with Crippen molar-refractivity contribution < 1.29 is 19.8 Å². The van der Waals surface area contributed by atoms with E-state index in [0.717, 1.165) is 44.4 Å². The maximum absolute atomic E-state index is 10.6. The molecule has 0 bridgehead atoms. The van der Waals surface area contributed by atoms with E-state index in [1.165, 1.54) is 88.2 Å². The fraction of sp³-hybridized carbons (Fsp3) is 0.742. The highest BCUT2D eigenvalue weighted by molar-refractivity contribution is 5.66. The predicted octanol–water partition coefficient (Wildman–Crippen LogP) is 8.77. The maximum Gasteiger partial charge on any atom is 0.303 e. The van der Waals surface area contributed by atoms with Crippen LogP contribution in [0.5, 0.6) is 0 Å². The standard InChI is InChI=1S/C31H52O4/c1-26(2)21-22-27-23-24-28(17-13-9-5-3-7-11-15-19-30(32)33)29(25-27)18-14-10-6-4-8-12-16-20-31(34)35/h23-26H,3-22H2,1-2H3,(H,32,33)(H,34,35). The SMILES string of the molecule is CC(C)CCc1ccc(CCCCCCCCCC(=O)O)c(CCCCCCCCCC(=O)O)c1. The lowest BCUT2D eigenvalue weighted by Gasteiger charge is -2.13. The van der Waals surface area contributed by atoms with Gasteiger partial charge in [0, 0.05) is 12.8 Å². The van der Waals surface area contributed by atoms with Crippen LogP contribution in [-0.2, 0) is 28.9 Å². The van der Waals surface area contributed by atoms with Crippen molar-refractivity contribution in [2.24, 2.45) is 5.92 Å². The van der Waals surface area contributed by atoms with E-state index in [-0.39, 0.29) is 0 Å². The van der Waals surface area contributed by atoms with Crippen LogP contribution in [0.15, 0.2) is 18.2 Å². The van der Waals surface area contributed by atoms with Crippen molar-refractivity contribution in [3.8, 4) is 0 Å². The van der Waals surface area contributed by atoms with E-state index in [1.54, 1.807) is 5.56 Å². The molecule has 0 aliphatic carbocycles. The highest BCUT2D eigenvalue weighted by Crippen LogP contribution is 2.21. The largest absolute Gasteiger partial charge is 0.481 e. The van der Waals surface area contributed by atoms with Gasteiger partial charge < -0.3 is 10.2 Å². The second kappa shape index (κ2) is 20.4. The van der Waals surface area contributed by atoms with Crippen molar-refractivity contribution in [3.63, 3.8) is 0 Å². The van der Waals surface area contributed by atoms with Crippen molar-refractivity contribution >= 4 is 11.9 Å². The van der Waals surface area contributed by atoms with E-state index < -0.39 is 11.9 Å². The normalized spacial score (nSPS) is 11.3. The van der Waals surface area contributed by atoms with Crippen molar-refractivity contribution in [2.75, 3.05) is 0 Å². The van der Waals surface area contributed by atoms with Gasteiger partial charge in [0.2, 0.25) is 0 Å². The number of hydrogen-bond acceptors (Lipinski definition) is 2. The maximum atomic E-state index is 10.6. The lowest BCUT2D eigenvalue weighted by molar-refractivity contribution is -0.138. The monoisotopic (exact) mass is 488 g/mol. The number of carboxylic acid groups (broad SMARTS) is 2. The second-order valence-corrected chi connectivity index (χ2v) is 10.8. The van der Waals surface area contributed by atoms with Crippen LogP contribution < -0.4 is 0 Å². The average molecular weight is 489 g/mol. The van der Waals surface area contributed by atoms with Gasteiger partial charge in [0.15, 0.2) is 0 Å². The third kappa shape index (κ3) is 18.1. The third-order valence-corrected chi connectivity index (χ3v) is 6.95. The Labute approximate surface area is 214 Å². The Morgan fingerprint density at radius 3 is 1.49 bits per heavy atom. The van der Waals surface area contributed by atoms with Gasteiger partial charge in [-0.15, -0.1) is 0 Å². The predicted molar refractivity (Wildman–Crippen MR) is 146 cm³/mol. The molecule has 0 fully saturated rings. The Kier molecular flexibility index (Phi) is 18.1. The molecule has 0 saturated heterocycles. The molecule has 0 saturated carbocycles. The highest BCUT2D eigenvalue weighted by atomic mass is 16.4. The highest BCUT2D eigenvalue weighted by Gasteiger charge is 2.06. The molecular weight excluding hydrogens is 436 g/mol. The summed E-state index contributed by atoms with van der Waals surface area (Å²) in [6.45, 7) is 4.59. The van der Waals surface area contributed by atoms with Gasteiger partial charge in [0.25, 0.3) is 0 Å². The van der Waals surface area contributed by atoms with Gasteiger partial charge in [-0.3, -0.25) is 9.59 Å². The molecule has 200 valence electrons. The Morgan fingerprint density at radius 2 is 1.03 bits per heavy atom. The van der Waals surface area contributed by atoms with E-state index in [9.17, 15) is 9.59 Å². The minimum absolute atomic E-state index is 0.308. The summed E-state index contributed by atoms with van der Waals surface area (Å²) in [5, 5.41) is 17.4. The smallest absolute Gasteiger partial charge is 0.303 e. The van der Waals surface area contributed by atoms with Crippen LogP contribution in [-0.4, -0.2) is 22.2 Å². The third-order valence-electron chi connectivity index (χ3n) is 6.95. The zero-order valence-electron chi connectivity index (χ0n) is 22.7. The Balaban J connectivity index is 2.36. The van der Waals surface area contributed by atoms with E-state index in [4.69, 9.17) is 10.2 Å². The molecule has 4 heteroatoms. The van der Waals surface area contributed by atoms with Gasteiger partial charge in [-0.2, -0.15) is 0 Å². The Morgan fingerprint density at radius 1 is 0.600 bits per heavy atom. The zero-order chi connectivity index (χ0) is 25.7. The van der Waals surface area contributed by atoms with Crippen LogP contribution in [0.2, 0.25) is 0 Å². The van der Waals surface area contributed by atoms with Crippen molar-refractivity contribution in [1.29, 1.82) is 0 Å². The van der Waals surface area contributed by atoms with Crippen LogP contribution >= 0.6 is 0 Å². The molecule has 0 heterocycles. The van der Waals surface area contributed by atoms with Crippen LogP contribution in [0.4, 0.5) is 0 Å². The van der Waals surface area contributed by atoms with Crippen molar-refractivity contribution in [3.05, 3.63) is 34.9 Å². The molecule has 2 N–H and O–H groups in total. The number of carboxylic acids is 2. The van der Waals surface area contributed by atoms with Crippen LogP contribution in [0.25, 0.3) is 0 Å². The summed E-state index contributed by atoms with van der Waals surface area (Å²) in [6, 6.07) is 7.21. The first-order valence-corrected chi connectivity index (χ1v) is 14.4. The zero-order valence-corrected chi connectivity index (χ0v) is 22.7. The molecule has 35 heavy (non-hydrogen) atoms. The van der Waals surface area contributed by atoms with E-state index in [2.05, 4.69) is 32.0 Å². The van der Waals surface area contributed by atoms with Gasteiger partial charge in [0.1, 0.15) is 0 Å². The topological polar surface area (TPSA) is 74.6 Å². The first kappa shape index (κ1) is 31.2. The first-order valence-electron chi connectivity index (χ1n) is 14.4. The number of hydrogen-bond donors (Lipinski definition) is 2. The fourth-order valence-electron chi connectivity index (χ4n) is 4.72. The van der Waals surface area contributed by atoms with Gasteiger partial charge >= 0.3 is 11.9 Å². The molecule has 0 atom stereocenters. The summed E-state index contributed by atoms with van der Waals surface area (Å²) in [4.78, 5) is 21.2. The Bertz CT molecular complexity index is 695. The van der Waals surface area contributed by atoms with Crippen LogP contribution in [0, 0.1) is 5.92 Å². The van der Waals surface area contributed by atoms with Crippen LogP contribution in [0.3, 0.4) is 0 Å². The average Bonchev–Trinajstić information content (AvgIpc) is 2.81. The number of aryl methyl sites for hydroxylation is 3. The quantitative estimate of drug-likeness (QED) is 0.151. The molecule has 0 aliphatic rings. The molecular formula is C31H52O4. The number of benzene rings is 1. The number of rotatable bonds is 23. The second-order valence-electron chi connectivity index (χ2n) is 10.8. The van der Waals surface area contributed by atoms with Gasteiger partial charge in [-0.05, 0) is 74.0 Å². The molecule has 0 unspecified atom stereocenters. The summed E-state index contributed by atoms with van der Waals surface area (Å²) in [5.74, 6) is -0.619. The van der Waals surface area contributed by atoms with Gasteiger partial charge in [-0.1, -0.05) is 96.3 Å². The van der Waals surface area contributed by atoms with Gasteiger partial charge in [-0.25, -0.2) is 0 Å². The molecule has 0 amide bonds. The number of carbonyl (C=O) groups is 2. The van der Waals surface area contributed by atoms with E-state index in [0.29, 0.717) is 12.8 Å². The summed E-state index contributed by atoms with van der Waals surface area (Å²) < 4.78 is 0. The Hall–Kier alpha value is -1.84. The summed E-state index contributed by atoms with van der Waals surface area (Å²) >= 11 is 0. The number of aliphatic carboxylic acids is 2. The lowest BCUT2D eigenvalue weighted by atomic mass is 9.92. The molecule has 1 aromatic rings. The minimum Gasteiger partial charge on any atom is -0.481 e. The molecule has 0 aliphatic heterocycles. The van der Waals surface area contributed by atoms with Gasteiger partial charge in [0.05, 0.1) is 0 Å². The van der Waals surface area contributed by atoms with Crippen molar-refractivity contribution in [2.45, 2.75) is 142 Å². The molecule has 1 aromatic carbocycles.